The Labute approximate surface area is 173 Å². The molecule has 9 heteroatoms. The van der Waals surface area contributed by atoms with Crippen molar-refractivity contribution in [3.8, 4) is 5.75 Å². The summed E-state index contributed by atoms with van der Waals surface area (Å²) in [6, 6.07) is 8.06. The van der Waals surface area contributed by atoms with E-state index in [1.54, 1.807) is 14.2 Å². The van der Waals surface area contributed by atoms with Gasteiger partial charge in [-0.2, -0.15) is 0 Å². The van der Waals surface area contributed by atoms with Crippen LogP contribution in [0.25, 0.3) is 0 Å². The van der Waals surface area contributed by atoms with E-state index in [4.69, 9.17) is 4.74 Å². The summed E-state index contributed by atoms with van der Waals surface area (Å²) in [5, 5.41) is 6.51. The first kappa shape index (κ1) is 23.0. The smallest absolute Gasteiger partial charge is 0.191 e. The van der Waals surface area contributed by atoms with Crippen LogP contribution < -0.4 is 15.4 Å². The lowest BCUT2D eigenvalue weighted by Gasteiger charge is -2.26. The average Bonchev–Trinajstić information content (AvgIpc) is 2.92. The minimum atomic E-state index is -2.91. The molecular weight excluding hydrogens is 467 g/mol. The van der Waals surface area contributed by atoms with E-state index >= 15 is 0 Å². The maximum absolute atomic E-state index is 11.6. The van der Waals surface area contributed by atoms with Gasteiger partial charge in [-0.25, -0.2) is 8.42 Å². The molecule has 148 valence electrons. The Balaban J connectivity index is 0.00000338. The molecule has 7 nitrogen and oxygen atoms in total. The van der Waals surface area contributed by atoms with Crippen LogP contribution in [0.4, 0.5) is 0 Å². The number of aliphatic imine (C=N–C) groups is 1. The highest BCUT2D eigenvalue weighted by Gasteiger charge is 2.28. The molecule has 0 radical (unpaired) electrons. The molecule has 0 saturated carbocycles. The van der Waals surface area contributed by atoms with Gasteiger partial charge in [0, 0.05) is 19.6 Å². The molecule has 0 bridgehead atoms. The Morgan fingerprint density at radius 2 is 2.00 bits per heavy atom. The van der Waals surface area contributed by atoms with Gasteiger partial charge >= 0.3 is 0 Å². The summed E-state index contributed by atoms with van der Waals surface area (Å²) >= 11 is 0. The molecule has 1 aliphatic rings. The summed E-state index contributed by atoms with van der Waals surface area (Å²) in [5.74, 6) is 1.87. The van der Waals surface area contributed by atoms with Gasteiger partial charge in [0.25, 0.3) is 0 Å². The molecule has 0 aliphatic carbocycles. The number of likely N-dealkylation sites (N-methyl/N-ethyl adjacent to an activating group) is 1. The zero-order valence-corrected chi connectivity index (χ0v) is 18.9. The van der Waals surface area contributed by atoms with Crippen molar-refractivity contribution < 1.29 is 13.2 Å². The number of halogens is 1. The standard InChI is InChI=1S/C17H28N4O3S.HI/c1-18-17(20-14-9-10-25(22,23)12-14)19-11-16(21(2)3)13-5-7-15(24-4)8-6-13;/h5-8,14,16H,9-12H2,1-4H3,(H2,18,19,20);1H. The predicted molar refractivity (Wildman–Crippen MR) is 116 cm³/mol. The van der Waals surface area contributed by atoms with Gasteiger partial charge < -0.3 is 20.3 Å². The Kier molecular flexibility index (Phi) is 9.11. The van der Waals surface area contributed by atoms with Crippen LogP contribution in [0, 0.1) is 0 Å². The largest absolute Gasteiger partial charge is 0.497 e. The van der Waals surface area contributed by atoms with Gasteiger partial charge in [-0.05, 0) is 38.2 Å². The highest BCUT2D eigenvalue weighted by molar-refractivity contribution is 14.0. The molecule has 1 fully saturated rings. The SMILES string of the molecule is CN=C(NCC(c1ccc(OC)cc1)N(C)C)NC1CCS(=O)(=O)C1.I. The molecule has 2 unspecified atom stereocenters. The lowest BCUT2D eigenvalue weighted by Crippen LogP contribution is -2.46. The molecule has 0 spiro atoms. The maximum atomic E-state index is 11.6. The molecule has 0 aromatic heterocycles. The molecule has 1 saturated heterocycles. The van der Waals surface area contributed by atoms with Crippen LogP contribution in [0.3, 0.4) is 0 Å². The fourth-order valence-corrected chi connectivity index (χ4v) is 4.59. The van der Waals surface area contributed by atoms with Gasteiger partial charge in [-0.3, -0.25) is 4.99 Å². The van der Waals surface area contributed by atoms with E-state index in [1.165, 1.54) is 0 Å². The van der Waals surface area contributed by atoms with Crippen molar-refractivity contribution in [2.45, 2.75) is 18.5 Å². The van der Waals surface area contributed by atoms with Crippen LogP contribution in [0.5, 0.6) is 5.75 Å². The molecule has 26 heavy (non-hydrogen) atoms. The van der Waals surface area contributed by atoms with E-state index in [1.807, 2.05) is 38.4 Å². The first-order valence-corrected chi connectivity index (χ1v) is 10.1. The second kappa shape index (κ2) is 10.3. The molecule has 2 N–H and O–H groups in total. The number of hydrogen-bond acceptors (Lipinski definition) is 5. The molecule has 1 aromatic rings. The number of ether oxygens (including phenoxy) is 1. The lowest BCUT2D eigenvalue weighted by atomic mass is 10.1. The van der Waals surface area contributed by atoms with Crippen LogP contribution in [-0.4, -0.2) is 71.6 Å². The van der Waals surface area contributed by atoms with Crippen molar-refractivity contribution in [2.75, 3.05) is 46.3 Å². The van der Waals surface area contributed by atoms with Crippen molar-refractivity contribution >= 4 is 39.8 Å². The molecule has 0 amide bonds. The molecule has 2 rings (SSSR count). The number of nitrogens with one attached hydrogen (secondary N) is 2. The van der Waals surface area contributed by atoms with Crippen molar-refractivity contribution in [2.24, 2.45) is 4.99 Å². The zero-order valence-electron chi connectivity index (χ0n) is 15.7. The van der Waals surface area contributed by atoms with Gasteiger partial charge in [0.1, 0.15) is 5.75 Å². The van der Waals surface area contributed by atoms with Crippen molar-refractivity contribution in [1.29, 1.82) is 0 Å². The Morgan fingerprint density at radius 1 is 1.35 bits per heavy atom. The van der Waals surface area contributed by atoms with Gasteiger partial charge in [0.2, 0.25) is 0 Å². The van der Waals surface area contributed by atoms with Crippen molar-refractivity contribution in [1.82, 2.24) is 15.5 Å². The number of rotatable bonds is 6. The highest BCUT2D eigenvalue weighted by Crippen LogP contribution is 2.20. The van der Waals surface area contributed by atoms with Crippen LogP contribution in [-0.2, 0) is 9.84 Å². The third-order valence-corrected chi connectivity index (χ3v) is 6.15. The first-order valence-electron chi connectivity index (χ1n) is 8.32. The minimum Gasteiger partial charge on any atom is -0.497 e. The van der Waals surface area contributed by atoms with E-state index in [9.17, 15) is 8.42 Å². The second-order valence-electron chi connectivity index (χ2n) is 6.45. The summed E-state index contributed by atoms with van der Waals surface area (Å²) in [6.45, 7) is 0.651. The predicted octanol–water partition coefficient (Wildman–Crippen LogP) is 1.27. The topological polar surface area (TPSA) is 83.0 Å². The quantitative estimate of drug-likeness (QED) is 0.351. The number of benzene rings is 1. The maximum Gasteiger partial charge on any atom is 0.191 e. The Morgan fingerprint density at radius 3 is 2.46 bits per heavy atom. The second-order valence-corrected chi connectivity index (χ2v) is 8.68. The fraction of sp³-hybridized carbons (Fsp3) is 0.588. The number of sulfone groups is 1. The highest BCUT2D eigenvalue weighted by atomic mass is 127. The van der Waals surface area contributed by atoms with E-state index in [0.29, 0.717) is 18.9 Å². The molecule has 2 atom stereocenters. The third-order valence-electron chi connectivity index (χ3n) is 4.38. The van der Waals surface area contributed by atoms with Gasteiger partial charge in [0.05, 0.1) is 24.7 Å². The van der Waals surface area contributed by atoms with Crippen LogP contribution in [0.15, 0.2) is 29.3 Å². The average molecular weight is 496 g/mol. The first-order chi connectivity index (χ1) is 11.8. The molecular formula is C17H29IN4O3S. The number of guanidine groups is 1. The summed E-state index contributed by atoms with van der Waals surface area (Å²) in [6.07, 6.45) is 0.624. The lowest BCUT2D eigenvalue weighted by molar-refractivity contribution is 0.297. The van der Waals surface area contributed by atoms with Crippen LogP contribution in [0.2, 0.25) is 0 Å². The summed E-state index contributed by atoms with van der Waals surface area (Å²) < 4.78 is 28.4. The number of methoxy groups -OCH3 is 1. The number of nitrogens with zero attached hydrogens (tertiary/aromatic N) is 2. The Bertz CT molecular complexity index is 692. The summed E-state index contributed by atoms with van der Waals surface area (Å²) in [4.78, 5) is 6.34. The number of hydrogen-bond donors (Lipinski definition) is 2. The third kappa shape index (κ3) is 6.58. The van der Waals surface area contributed by atoms with Gasteiger partial charge in [-0.1, -0.05) is 12.1 Å². The summed E-state index contributed by atoms with van der Waals surface area (Å²) in [5.41, 5.74) is 1.16. The van der Waals surface area contributed by atoms with E-state index in [0.717, 1.165) is 11.3 Å². The normalized spacial score (nSPS) is 20.3. The van der Waals surface area contributed by atoms with Crippen LogP contribution in [0.1, 0.15) is 18.0 Å². The van der Waals surface area contributed by atoms with Crippen molar-refractivity contribution in [3.63, 3.8) is 0 Å². The molecule has 1 aliphatic heterocycles. The van der Waals surface area contributed by atoms with Gasteiger partial charge in [-0.15, -0.1) is 24.0 Å². The van der Waals surface area contributed by atoms with E-state index in [2.05, 4.69) is 20.5 Å². The van der Waals surface area contributed by atoms with Crippen LogP contribution >= 0.6 is 24.0 Å². The Hall–Kier alpha value is -1.07. The molecule has 1 aromatic carbocycles. The van der Waals surface area contributed by atoms with Gasteiger partial charge in [0.15, 0.2) is 15.8 Å². The van der Waals surface area contributed by atoms with E-state index < -0.39 is 9.84 Å². The zero-order chi connectivity index (χ0) is 18.4. The monoisotopic (exact) mass is 496 g/mol. The van der Waals surface area contributed by atoms with Crippen molar-refractivity contribution in [3.05, 3.63) is 29.8 Å². The fourth-order valence-electron chi connectivity index (χ4n) is 2.91. The molecule has 1 heterocycles. The summed E-state index contributed by atoms with van der Waals surface area (Å²) in [7, 11) is 4.48. The van der Waals surface area contributed by atoms with E-state index in [-0.39, 0.29) is 47.6 Å². The minimum absolute atomic E-state index is 0.